The topological polar surface area (TPSA) is 42.7 Å². The lowest BCUT2D eigenvalue weighted by Gasteiger charge is -2.17. The molecule has 0 saturated heterocycles. The van der Waals surface area contributed by atoms with Crippen LogP contribution in [0.4, 0.5) is 4.39 Å². The van der Waals surface area contributed by atoms with Crippen molar-refractivity contribution in [3.63, 3.8) is 0 Å². The van der Waals surface area contributed by atoms with Crippen molar-refractivity contribution in [1.29, 1.82) is 0 Å². The molecule has 1 aromatic carbocycles. The molecule has 0 amide bonds. The summed E-state index contributed by atoms with van der Waals surface area (Å²) in [5.41, 5.74) is 0.767. The van der Waals surface area contributed by atoms with Gasteiger partial charge in [-0.15, -0.1) is 0 Å². The van der Waals surface area contributed by atoms with Crippen LogP contribution in [0, 0.1) is 11.7 Å². The highest BCUT2D eigenvalue weighted by Gasteiger charge is 2.15. The minimum Gasteiger partial charge on any atom is -0.317 e. The molecule has 0 radical (unpaired) electrons. The van der Waals surface area contributed by atoms with E-state index in [1.54, 1.807) is 12.4 Å². The van der Waals surface area contributed by atoms with Crippen LogP contribution < -0.4 is 5.32 Å². The average molecular weight is 290 g/mol. The second-order valence-electron chi connectivity index (χ2n) is 5.17. The molecular formula is C16H23FN4. The number of rotatable bonds is 8. The van der Waals surface area contributed by atoms with Crippen molar-refractivity contribution in [3.8, 4) is 0 Å². The standard InChI is InChI=1S/C16H23FN4/c1-3-18-11-13(9-14-7-5-6-8-15(14)17)10-16-19-12-20-21(16)4-2/h5-8,12-13,18H,3-4,9-11H2,1-2H3. The van der Waals surface area contributed by atoms with Gasteiger partial charge >= 0.3 is 0 Å². The van der Waals surface area contributed by atoms with Crippen molar-refractivity contribution in [2.24, 2.45) is 5.92 Å². The van der Waals surface area contributed by atoms with Gasteiger partial charge in [-0.1, -0.05) is 25.1 Å². The lowest BCUT2D eigenvalue weighted by atomic mass is 9.95. The predicted molar refractivity (Wildman–Crippen MR) is 81.5 cm³/mol. The molecule has 1 unspecified atom stereocenters. The molecule has 0 saturated carbocycles. The smallest absolute Gasteiger partial charge is 0.138 e. The van der Waals surface area contributed by atoms with E-state index >= 15 is 0 Å². The van der Waals surface area contributed by atoms with Crippen molar-refractivity contribution in [2.45, 2.75) is 33.2 Å². The Morgan fingerprint density at radius 2 is 2.05 bits per heavy atom. The largest absolute Gasteiger partial charge is 0.317 e. The molecule has 1 aromatic heterocycles. The maximum absolute atomic E-state index is 13.8. The Labute approximate surface area is 125 Å². The number of halogens is 1. The van der Waals surface area contributed by atoms with Crippen molar-refractivity contribution < 1.29 is 4.39 Å². The molecule has 114 valence electrons. The van der Waals surface area contributed by atoms with Gasteiger partial charge in [0.05, 0.1) is 0 Å². The molecule has 5 heteroatoms. The van der Waals surface area contributed by atoms with Gasteiger partial charge in [-0.2, -0.15) is 5.10 Å². The van der Waals surface area contributed by atoms with E-state index in [2.05, 4.69) is 22.3 Å². The summed E-state index contributed by atoms with van der Waals surface area (Å²) in [4.78, 5) is 4.33. The van der Waals surface area contributed by atoms with Crippen LogP contribution >= 0.6 is 0 Å². The molecule has 2 aromatic rings. The number of aromatic nitrogens is 3. The summed E-state index contributed by atoms with van der Waals surface area (Å²) in [6.07, 6.45) is 3.09. The zero-order valence-corrected chi connectivity index (χ0v) is 12.7. The van der Waals surface area contributed by atoms with Crippen LogP contribution in [0.3, 0.4) is 0 Å². The van der Waals surface area contributed by atoms with Crippen LogP contribution in [0.5, 0.6) is 0 Å². The second-order valence-corrected chi connectivity index (χ2v) is 5.17. The number of benzene rings is 1. The molecule has 2 rings (SSSR count). The second kappa shape index (κ2) is 7.88. The summed E-state index contributed by atoms with van der Waals surface area (Å²) in [6, 6.07) is 7.00. The number of nitrogens with one attached hydrogen (secondary N) is 1. The Kier molecular flexibility index (Phi) is 5.87. The molecule has 4 nitrogen and oxygen atoms in total. The first-order valence-electron chi connectivity index (χ1n) is 7.55. The number of hydrogen-bond donors (Lipinski definition) is 1. The van der Waals surface area contributed by atoms with Gasteiger partial charge in [0.2, 0.25) is 0 Å². The molecule has 0 aliphatic rings. The molecule has 0 bridgehead atoms. The summed E-state index contributed by atoms with van der Waals surface area (Å²) < 4.78 is 15.7. The highest BCUT2D eigenvalue weighted by atomic mass is 19.1. The van der Waals surface area contributed by atoms with E-state index < -0.39 is 0 Å². The molecule has 0 aliphatic carbocycles. The predicted octanol–water partition coefficient (Wildman–Crippen LogP) is 2.45. The fourth-order valence-corrected chi connectivity index (χ4v) is 2.51. The Bertz CT molecular complexity index is 553. The third-order valence-electron chi connectivity index (χ3n) is 3.62. The van der Waals surface area contributed by atoms with E-state index in [0.717, 1.165) is 37.4 Å². The van der Waals surface area contributed by atoms with Gasteiger partial charge in [0.15, 0.2) is 0 Å². The molecule has 1 heterocycles. The summed E-state index contributed by atoms with van der Waals surface area (Å²) in [5, 5.41) is 7.56. The first kappa shape index (κ1) is 15.6. The Balaban J connectivity index is 2.09. The van der Waals surface area contributed by atoms with Crippen LogP contribution in [-0.4, -0.2) is 27.9 Å². The van der Waals surface area contributed by atoms with Gasteiger partial charge in [-0.25, -0.2) is 9.37 Å². The monoisotopic (exact) mass is 290 g/mol. The maximum Gasteiger partial charge on any atom is 0.138 e. The molecular weight excluding hydrogens is 267 g/mol. The summed E-state index contributed by atoms with van der Waals surface area (Å²) >= 11 is 0. The van der Waals surface area contributed by atoms with Crippen molar-refractivity contribution >= 4 is 0 Å². The van der Waals surface area contributed by atoms with E-state index in [-0.39, 0.29) is 5.82 Å². The van der Waals surface area contributed by atoms with Gasteiger partial charge in [-0.3, -0.25) is 4.68 Å². The van der Waals surface area contributed by atoms with Crippen LogP contribution in [0.1, 0.15) is 25.2 Å². The van der Waals surface area contributed by atoms with E-state index in [4.69, 9.17) is 0 Å². The molecule has 21 heavy (non-hydrogen) atoms. The number of aryl methyl sites for hydroxylation is 1. The van der Waals surface area contributed by atoms with Crippen molar-refractivity contribution in [2.75, 3.05) is 13.1 Å². The van der Waals surface area contributed by atoms with E-state index in [9.17, 15) is 4.39 Å². The zero-order valence-electron chi connectivity index (χ0n) is 12.7. The Hall–Kier alpha value is -1.75. The van der Waals surface area contributed by atoms with E-state index in [1.165, 1.54) is 6.07 Å². The minimum atomic E-state index is -0.129. The molecule has 0 aliphatic heterocycles. The quantitative estimate of drug-likeness (QED) is 0.812. The SMILES string of the molecule is CCNCC(Cc1ccccc1F)Cc1ncnn1CC. The van der Waals surface area contributed by atoms with Crippen LogP contribution in [0.15, 0.2) is 30.6 Å². The molecule has 1 atom stereocenters. The molecule has 1 N–H and O–H groups in total. The fraction of sp³-hybridized carbons (Fsp3) is 0.500. The van der Waals surface area contributed by atoms with Crippen LogP contribution in [0.25, 0.3) is 0 Å². The van der Waals surface area contributed by atoms with Crippen molar-refractivity contribution in [3.05, 3.63) is 47.8 Å². The van der Waals surface area contributed by atoms with Crippen LogP contribution in [-0.2, 0) is 19.4 Å². The highest BCUT2D eigenvalue weighted by Crippen LogP contribution is 2.16. The van der Waals surface area contributed by atoms with Gasteiger partial charge in [0, 0.05) is 13.0 Å². The first-order valence-corrected chi connectivity index (χ1v) is 7.55. The number of hydrogen-bond acceptors (Lipinski definition) is 3. The van der Waals surface area contributed by atoms with Gasteiger partial charge in [0.1, 0.15) is 18.0 Å². The number of nitrogens with zero attached hydrogens (tertiary/aromatic N) is 3. The average Bonchev–Trinajstić information content (AvgIpc) is 2.94. The zero-order chi connectivity index (χ0) is 15.1. The summed E-state index contributed by atoms with van der Waals surface area (Å²) in [5.74, 6) is 1.14. The minimum absolute atomic E-state index is 0.129. The van der Waals surface area contributed by atoms with Gasteiger partial charge in [0.25, 0.3) is 0 Å². The maximum atomic E-state index is 13.8. The van der Waals surface area contributed by atoms with E-state index in [1.807, 2.05) is 23.7 Å². The van der Waals surface area contributed by atoms with Crippen molar-refractivity contribution in [1.82, 2.24) is 20.1 Å². The Morgan fingerprint density at radius 1 is 1.24 bits per heavy atom. The normalized spacial score (nSPS) is 12.5. The summed E-state index contributed by atoms with van der Waals surface area (Å²) in [7, 11) is 0. The third-order valence-corrected chi connectivity index (χ3v) is 3.62. The van der Waals surface area contributed by atoms with Gasteiger partial charge < -0.3 is 5.32 Å². The van der Waals surface area contributed by atoms with Gasteiger partial charge in [-0.05, 0) is 44.0 Å². The first-order chi connectivity index (χ1) is 10.2. The van der Waals surface area contributed by atoms with E-state index in [0.29, 0.717) is 12.3 Å². The lowest BCUT2D eigenvalue weighted by Crippen LogP contribution is -2.27. The fourth-order valence-electron chi connectivity index (χ4n) is 2.51. The summed E-state index contributed by atoms with van der Waals surface area (Å²) in [6.45, 7) is 6.70. The third kappa shape index (κ3) is 4.36. The molecule has 0 spiro atoms. The lowest BCUT2D eigenvalue weighted by molar-refractivity contribution is 0.445. The molecule has 0 fully saturated rings. The highest BCUT2D eigenvalue weighted by molar-refractivity contribution is 5.18. The van der Waals surface area contributed by atoms with Crippen LogP contribution in [0.2, 0.25) is 0 Å². The Morgan fingerprint density at radius 3 is 2.76 bits per heavy atom.